The van der Waals surface area contributed by atoms with Gasteiger partial charge in [0.05, 0.1) is 0 Å². The third-order valence-electron chi connectivity index (χ3n) is 4.12. The summed E-state index contributed by atoms with van der Waals surface area (Å²) in [4.78, 5) is 1.68. The van der Waals surface area contributed by atoms with Gasteiger partial charge in [-0.2, -0.15) is 0 Å². The number of hydrogen-bond acceptors (Lipinski definition) is 1. The van der Waals surface area contributed by atoms with E-state index in [1.807, 2.05) is 0 Å². The average molecular weight is 516 g/mol. The normalized spacial score (nSPS) is 23.4. The molecule has 0 amide bonds. The summed E-state index contributed by atoms with van der Waals surface area (Å²) in [5.74, 6) is 2.79. The van der Waals surface area contributed by atoms with Gasteiger partial charge in [-0.25, -0.2) is 0 Å². The van der Waals surface area contributed by atoms with Gasteiger partial charge in [-0.15, -0.1) is 0 Å². The van der Waals surface area contributed by atoms with Crippen molar-refractivity contribution < 1.29 is 26.3 Å². The van der Waals surface area contributed by atoms with Crippen LogP contribution in [0.25, 0.3) is 0 Å². The quantitative estimate of drug-likeness (QED) is 0.339. The minimum absolute atomic E-state index is 0.228. The summed E-state index contributed by atoms with van der Waals surface area (Å²) in [6.45, 7) is 0.228. The molecule has 112 valence electrons. The predicted octanol–water partition coefficient (Wildman–Crippen LogP) is 0.289. The van der Waals surface area contributed by atoms with Crippen LogP contribution < -0.4 is 21.2 Å². The first-order valence-corrected chi connectivity index (χ1v) is 13.2. The molecule has 1 N–H and O–H groups in total. The summed E-state index contributed by atoms with van der Waals surface area (Å²) in [5, 5.41) is 9.75. The van der Waals surface area contributed by atoms with E-state index in [1.54, 1.807) is 16.0 Å². The van der Waals surface area contributed by atoms with Gasteiger partial charge in [-0.3, -0.25) is 0 Å². The van der Waals surface area contributed by atoms with Crippen LogP contribution in [0, 0.1) is 0 Å². The van der Waals surface area contributed by atoms with Crippen LogP contribution in [0.15, 0.2) is 17.0 Å². The molecular formula is C16H22I2OS. The molecule has 0 aliphatic carbocycles. The van der Waals surface area contributed by atoms with Gasteiger partial charge in [0.15, 0.2) is 0 Å². The van der Waals surface area contributed by atoms with Crippen molar-refractivity contribution in [1.82, 2.24) is 0 Å². The molecule has 20 heavy (non-hydrogen) atoms. The van der Waals surface area contributed by atoms with Crippen molar-refractivity contribution >= 4 is 33.5 Å². The maximum absolute atomic E-state index is 9.75. The SMILES string of the molecule is OCc1ccc(CI)c([S+]2CCCCC2)c1CC1C[I-]1. The van der Waals surface area contributed by atoms with E-state index in [-0.39, 0.29) is 6.61 Å². The Morgan fingerprint density at radius 3 is 2.50 bits per heavy atom. The number of benzene rings is 1. The molecule has 3 rings (SSSR count). The monoisotopic (exact) mass is 516 g/mol. The molecule has 1 unspecified atom stereocenters. The molecule has 1 atom stereocenters. The maximum atomic E-state index is 9.75. The predicted molar refractivity (Wildman–Crippen MR) is 91.7 cm³/mol. The van der Waals surface area contributed by atoms with Gasteiger partial charge in [0.25, 0.3) is 0 Å². The first kappa shape index (κ1) is 15.9. The molecule has 2 aliphatic heterocycles. The molecule has 2 heterocycles. The topological polar surface area (TPSA) is 20.2 Å². The first-order valence-electron chi connectivity index (χ1n) is 7.39. The zero-order valence-electron chi connectivity index (χ0n) is 11.7. The summed E-state index contributed by atoms with van der Waals surface area (Å²) < 4.78 is 3.64. The van der Waals surface area contributed by atoms with Crippen LogP contribution in [-0.4, -0.2) is 25.0 Å². The van der Waals surface area contributed by atoms with Crippen molar-refractivity contribution in [2.24, 2.45) is 0 Å². The van der Waals surface area contributed by atoms with Crippen LogP contribution in [0.4, 0.5) is 0 Å². The van der Waals surface area contributed by atoms with Crippen molar-refractivity contribution in [3.05, 3.63) is 28.8 Å². The molecule has 2 aliphatic rings. The Morgan fingerprint density at radius 1 is 1.20 bits per heavy atom. The van der Waals surface area contributed by atoms with E-state index in [0.29, 0.717) is 32.1 Å². The van der Waals surface area contributed by atoms with E-state index >= 15 is 0 Å². The van der Waals surface area contributed by atoms with Crippen molar-refractivity contribution in [2.75, 3.05) is 15.9 Å². The molecule has 0 spiro atoms. The molecule has 0 saturated carbocycles. The van der Waals surface area contributed by atoms with Gasteiger partial charge in [0.2, 0.25) is 0 Å². The molecule has 1 aromatic carbocycles. The third-order valence-corrected chi connectivity index (χ3v) is 10.2. The molecule has 2 fully saturated rings. The molecule has 0 aromatic heterocycles. The number of halogens is 2. The second-order valence-electron chi connectivity index (χ2n) is 5.55. The summed E-state index contributed by atoms with van der Waals surface area (Å²) >= 11 is 3.02. The van der Waals surface area contributed by atoms with Gasteiger partial charge in [-0.1, -0.05) is 0 Å². The van der Waals surface area contributed by atoms with Gasteiger partial charge >= 0.3 is 150 Å². The molecular weight excluding hydrogens is 494 g/mol. The zero-order valence-corrected chi connectivity index (χ0v) is 16.8. The van der Waals surface area contributed by atoms with E-state index in [2.05, 4.69) is 34.7 Å². The Kier molecular flexibility index (Phi) is 5.96. The summed E-state index contributed by atoms with van der Waals surface area (Å²) in [7, 11) is 0.465. The first-order chi connectivity index (χ1) is 9.83. The van der Waals surface area contributed by atoms with Gasteiger partial charge in [0, 0.05) is 0 Å². The fraction of sp³-hybridized carbons (Fsp3) is 0.625. The molecule has 1 aromatic rings. The number of hydrogen-bond donors (Lipinski definition) is 1. The van der Waals surface area contributed by atoms with Gasteiger partial charge < -0.3 is 0 Å². The van der Waals surface area contributed by atoms with Crippen LogP contribution in [0.1, 0.15) is 36.0 Å². The Bertz CT molecular complexity index is 468. The van der Waals surface area contributed by atoms with Crippen LogP contribution in [-0.2, 0) is 28.4 Å². The van der Waals surface area contributed by atoms with E-state index in [4.69, 9.17) is 0 Å². The van der Waals surface area contributed by atoms with E-state index in [0.717, 1.165) is 8.35 Å². The number of rotatable bonds is 5. The molecule has 0 bridgehead atoms. The molecule has 0 radical (unpaired) electrons. The second kappa shape index (κ2) is 7.51. The van der Waals surface area contributed by atoms with Crippen LogP contribution in [0.2, 0.25) is 0 Å². The number of aliphatic hydroxyl groups excluding tert-OH is 1. The molecule has 4 heteroatoms. The standard InChI is InChI=1S/C16H22I2OS/c17-9-12-4-5-13(11-19)15(8-14-10-18-14)16(12)20-6-2-1-3-7-20/h4-5,14,19H,1-3,6-11H2. The van der Waals surface area contributed by atoms with Crippen molar-refractivity contribution in [1.29, 1.82) is 0 Å². The van der Waals surface area contributed by atoms with E-state index in [9.17, 15) is 5.11 Å². The van der Waals surface area contributed by atoms with Gasteiger partial charge in [-0.05, 0) is 0 Å². The number of aliphatic hydroxyl groups is 1. The summed E-state index contributed by atoms with van der Waals surface area (Å²) in [6, 6.07) is 4.49. The molecule has 1 nitrogen and oxygen atoms in total. The fourth-order valence-corrected chi connectivity index (χ4v) is 8.09. The van der Waals surface area contributed by atoms with Crippen molar-refractivity contribution in [2.45, 2.75) is 45.5 Å². The summed E-state index contributed by atoms with van der Waals surface area (Å²) in [6.07, 6.45) is 5.50. The van der Waals surface area contributed by atoms with Gasteiger partial charge in [0.1, 0.15) is 0 Å². The van der Waals surface area contributed by atoms with E-state index < -0.39 is 0 Å². The third kappa shape index (κ3) is 3.66. The number of alkyl halides is 3. The fourth-order valence-electron chi connectivity index (χ4n) is 2.98. The Morgan fingerprint density at radius 2 is 1.90 bits per heavy atom. The van der Waals surface area contributed by atoms with E-state index in [1.165, 1.54) is 47.2 Å². The Labute approximate surface area is 149 Å². The van der Waals surface area contributed by atoms with Crippen LogP contribution >= 0.6 is 22.6 Å². The average Bonchev–Trinajstić information content (AvgIpc) is 3.31. The Balaban J connectivity index is 2.00. The summed E-state index contributed by atoms with van der Waals surface area (Å²) in [5.41, 5.74) is 4.35. The van der Waals surface area contributed by atoms with Crippen LogP contribution in [0.5, 0.6) is 0 Å². The van der Waals surface area contributed by atoms with Crippen molar-refractivity contribution in [3.63, 3.8) is 0 Å². The van der Waals surface area contributed by atoms with Crippen molar-refractivity contribution in [3.8, 4) is 0 Å². The zero-order chi connectivity index (χ0) is 13.9. The van der Waals surface area contributed by atoms with Crippen LogP contribution in [0.3, 0.4) is 0 Å². The minimum atomic E-state index is 0.228. The molecule has 2 saturated heterocycles. The Hall–Kier alpha value is 0.990. The second-order valence-corrected chi connectivity index (χ2v) is 12.1.